The lowest BCUT2D eigenvalue weighted by Crippen LogP contribution is -2.51. The fourth-order valence-electron chi connectivity index (χ4n) is 4.40. The first kappa shape index (κ1) is 34.0. The molecule has 4 aromatic rings. The van der Waals surface area contributed by atoms with Gasteiger partial charge < -0.3 is 4.18 Å². The summed E-state index contributed by atoms with van der Waals surface area (Å²) in [6.07, 6.45) is 0. The second-order valence-electron chi connectivity index (χ2n) is 9.71. The Morgan fingerprint density at radius 3 is 1.83 bits per heavy atom. The molecule has 3 amide bonds. The lowest BCUT2D eigenvalue weighted by Gasteiger charge is -2.29. The van der Waals surface area contributed by atoms with E-state index >= 15 is 0 Å². The van der Waals surface area contributed by atoms with Crippen molar-refractivity contribution in [2.24, 2.45) is 0 Å². The number of amides is 3. The van der Waals surface area contributed by atoms with Gasteiger partial charge in [-0.15, -0.1) is 0 Å². The zero-order valence-corrected chi connectivity index (χ0v) is 28.3. The molecule has 16 heteroatoms. The van der Waals surface area contributed by atoms with Crippen LogP contribution in [0.5, 0.6) is 5.75 Å². The Morgan fingerprint density at radius 2 is 1.30 bits per heavy atom. The van der Waals surface area contributed by atoms with E-state index in [2.05, 4.69) is 0 Å². The van der Waals surface area contributed by atoms with E-state index in [4.69, 9.17) is 73.8 Å². The van der Waals surface area contributed by atoms with Gasteiger partial charge in [-0.2, -0.15) is 13.4 Å². The number of hydrazine groups is 1. The monoisotopic (exact) mass is 758 g/mol. The van der Waals surface area contributed by atoms with Gasteiger partial charge in [0.1, 0.15) is 17.2 Å². The number of hydrogen-bond donors (Lipinski definition) is 0. The molecule has 1 aliphatic rings. The van der Waals surface area contributed by atoms with E-state index in [1.165, 1.54) is 54.6 Å². The normalized spacial score (nSPS) is 12.7. The van der Waals surface area contributed by atoms with Gasteiger partial charge in [0.25, 0.3) is 17.7 Å². The van der Waals surface area contributed by atoms with Crippen LogP contribution in [0, 0.1) is 6.92 Å². The third-order valence-corrected chi connectivity index (χ3v) is 10.3. The Kier molecular flexibility index (Phi) is 9.64. The Balaban J connectivity index is 1.48. The van der Waals surface area contributed by atoms with Crippen molar-refractivity contribution in [2.75, 3.05) is 6.54 Å². The molecule has 0 aromatic heterocycles. The van der Waals surface area contributed by atoms with Gasteiger partial charge >= 0.3 is 10.1 Å². The number of rotatable bonds is 8. The van der Waals surface area contributed by atoms with Gasteiger partial charge in [0, 0.05) is 10.6 Å². The average Bonchev–Trinajstić information content (AvgIpc) is 3.27. The summed E-state index contributed by atoms with van der Waals surface area (Å²) in [4.78, 5) is 54.5. The Labute approximate surface area is 292 Å². The van der Waals surface area contributed by atoms with Crippen LogP contribution in [0.2, 0.25) is 30.1 Å². The third-order valence-electron chi connectivity index (χ3n) is 6.70. The highest BCUT2D eigenvalue weighted by atomic mass is 35.5. The number of imide groups is 1. The molecule has 0 spiro atoms. The summed E-state index contributed by atoms with van der Waals surface area (Å²) in [6.45, 7) is 0.928. The number of nitrogens with zero attached hydrogens (tertiary/aromatic N) is 2. The minimum atomic E-state index is -4.18. The van der Waals surface area contributed by atoms with Gasteiger partial charge in [0.15, 0.2) is 5.78 Å². The summed E-state index contributed by atoms with van der Waals surface area (Å²) in [5.74, 6) is -4.12. The van der Waals surface area contributed by atoms with Crippen molar-refractivity contribution in [3.8, 4) is 5.75 Å². The number of carbonyl (C=O) groups is 4. The molecule has 1 heterocycles. The molecule has 1 aliphatic heterocycles. The Morgan fingerprint density at radius 1 is 0.761 bits per heavy atom. The molecular formula is C30H16Cl6N2O7S. The minimum absolute atomic E-state index is 0.0288. The summed E-state index contributed by atoms with van der Waals surface area (Å²) in [7, 11) is -4.18. The summed E-state index contributed by atoms with van der Waals surface area (Å²) in [6, 6.07) is 14.8. The van der Waals surface area contributed by atoms with Crippen molar-refractivity contribution < 1.29 is 31.8 Å². The van der Waals surface area contributed by atoms with Crippen molar-refractivity contribution >= 4 is 103 Å². The quantitative estimate of drug-likeness (QED) is 0.0584. The molecule has 0 saturated carbocycles. The molecule has 0 atom stereocenters. The highest BCUT2D eigenvalue weighted by molar-refractivity contribution is 7.87. The molecule has 4 aromatic carbocycles. The molecule has 0 bridgehead atoms. The van der Waals surface area contributed by atoms with E-state index in [0.717, 1.165) is 5.56 Å². The lowest BCUT2D eigenvalue weighted by atomic mass is 10.1. The lowest BCUT2D eigenvalue weighted by molar-refractivity contribution is 0.00533. The first-order valence-electron chi connectivity index (χ1n) is 12.8. The van der Waals surface area contributed by atoms with Gasteiger partial charge in [-0.3, -0.25) is 19.2 Å². The molecule has 0 saturated heterocycles. The number of benzene rings is 4. The molecule has 0 fully saturated rings. The summed E-state index contributed by atoms with van der Waals surface area (Å²) in [5, 5.41) is -0.329. The molecule has 0 radical (unpaired) electrons. The van der Waals surface area contributed by atoms with Crippen LogP contribution in [0.1, 0.15) is 47.0 Å². The molecule has 0 unspecified atom stereocenters. The second-order valence-corrected chi connectivity index (χ2v) is 13.6. The van der Waals surface area contributed by atoms with Crippen molar-refractivity contribution in [2.45, 2.75) is 11.8 Å². The maximum Gasteiger partial charge on any atom is 0.339 e. The third kappa shape index (κ3) is 6.31. The van der Waals surface area contributed by atoms with E-state index in [-0.39, 0.29) is 51.9 Å². The van der Waals surface area contributed by atoms with Gasteiger partial charge in [-0.05, 0) is 61.5 Å². The predicted molar refractivity (Wildman–Crippen MR) is 174 cm³/mol. The van der Waals surface area contributed by atoms with E-state index in [0.29, 0.717) is 10.0 Å². The number of fused-ring (bicyclic) bond motifs is 1. The summed E-state index contributed by atoms with van der Waals surface area (Å²) in [5.41, 5.74) is -0.218. The van der Waals surface area contributed by atoms with Gasteiger partial charge in [-0.25, -0.2) is 5.01 Å². The zero-order valence-electron chi connectivity index (χ0n) is 23.0. The van der Waals surface area contributed by atoms with Crippen molar-refractivity contribution in [3.63, 3.8) is 0 Å². The van der Waals surface area contributed by atoms with E-state index in [1.807, 2.05) is 0 Å². The number of aryl methyl sites for hydroxylation is 1. The van der Waals surface area contributed by atoms with Gasteiger partial charge in [0.2, 0.25) is 0 Å². The minimum Gasteiger partial charge on any atom is -0.379 e. The molecule has 9 nitrogen and oxygen atoms in total. The second kappa shape index (κ2) is 13.0. The first-order valence-corrected chi connectivity index (χ1v) is 16.5. The highest BCUT2D eigenvalue weighted by Crippen LogP contribution is 2.45. The summed E-state index contributed by atoms with van der Waals surface area (Å²) >= 11 is 37.0. The van der Waals surface area contributed by atoms with Crippen LogP contribution in [0.15, 0.2) is 71.6 Å². The van der Waals surface area contributed by atoms with Crippen molar-refractivity contribution in [1.82, 2.24) is 10.0 Å². The van der Waals surface area contributed by atoms with Crippen LogP contribution in [0.4, 0.5) is 0 Å². The summed E-state index contributed by atoms with van der Waals surface area (Å²) < 4.78 is 30.5. The maximum atomic E-state index is 13.8. The average molecular weight is 761 g/mol. The smallest absolute Gasteiger partial charge is 0.339 e. The number of Topliss-reactive ketones (excluding diaryl/α,β-unsaturated/α-hetero) is 1. The topological polar surface area (TPSA) is 118 Å². The number of carbonyl (C=O) groups excluding carboxylic acids is 4. The molecule has 5 rings (SSSR count). The van der Waals surface area contributed by atoms with E-state index in [9.17, 15) is 27.6 Å². The molecule has 46 heavy (non-hydrogen) atoms. The fraction of sp³-hybridized carbons (Fsp3) is 0.0667. The SMILES string of the molecule is Cc1ccc(S(=O)(=O)Oc2ccc(C(=O)CN(C(=O)c3ccc(Cl)cc3Cl)N3C(=O)c4c(Cl)c(Cl)c(Cl)c(Cl)c4C3=O)cc2)cc1. The zero-order chi connectivity index (χ0) is 33.7. The Hall–Kier alpha value is -3.35. The first-order chi connectivity index (χ1) is 21.6. The largest absolute Gasteiger partial charge is 0.379 e. The Bertz CT molecular complexity index is 2020. The predicted octanol–water partition coefficient (Wildman–Crippen LogP) is 8.22. The molecular weight excluding hydrogens is 745 g/mol. The van der Waals surface area contributed by atoms with E-state index < -0.39 is 51.3 Å². The number of hydrogen-bond acceptors (Lipinski definition) is 7. The molecule has 0 aliphatic carbocycles. The van der Waals surface area contributed by atoms with Crippen molar-refractivity contribution in [3.05, 3.63) is 125 Å². The fourth-order valence-corrected chi connectivity index (χ4v) is 6.83. The molecule has 236 valence electrons. The standard InChI is InChI=1S/C30H16Cl6N2O7S/c1-14-2-9-18(10-3-14)46(43,44)45-17-7-4-15(5-8-17)21(39)13-37(28(40)19-11-6-16(31)12-20(19)32)38-29(41)22-23(30(38)42)25(34)27(36)26(35)24(22)33/h2-12H,13H2,1H3. The van der Waals surface area contributed by atoms with Crippen LogP contribution in [-0.4, -0.2) is 48.5 Å². The van der Waals surface area contributed by atoms with Gasteiger partial charge in [0.05, 0.1) is 41.8 Å². The van der Waals surface area contributed by atoms with Crippen LogP contribution in [0.3, 0.4) is 0 Å². The van der Waals surface area contributed by atoms with Crippen LogP contribution < -0.4 is 4.18 Å². The van der Waals surface area contributed by atoms with Crippen LogP contribution >= 0.6 is 69.6 Å². The van der Waals surface area contributed by atoms with Crippen molar-refractivity contribution in [1.29, 1.82) is 0 Å². The van der Waals surface area contributed by atoms with Crippen LogP contribution in [-0.2, 0) is 10.1 Å². The number of halogens is 6. The van der Waals surface area contributed by atoms with Gasteiger partial charge in [-0.1, -0.05) is 87.3 Å². The van der Waals surface area contributed by atoms with E-state index in [1.54, 1.807) is 19.1 Å². The highest BCUT2D eigenvalue weighted by Gasteiger charge is 2.46. The molecule has 0 N–H and O–H groups in total. The number of ketones is 1. The van der Waals surface area contributed by atoms with Crippen LogP contribution in [0.25, 0.3) is 0 Å². The maximum absolute atomic E-state index is 13.8.